The molecule has 0 bridgehead atoms. The van der Waals surface area contributed by atoms with Crippen molar-refractivity contribution in [1.82, 2.24) is 4.98 Å². The van der Waals surface area contributed by atoms with Crippen molar-refractivity contribution in [2.24, 2.45) is 5.73 Å². The van der Waals surface area contributed by atoms with Gasteiger partial charge in [0.05, 0.1) is 18.4 Å². The molecule has 0 aliphatic heterocycles. The zero-order chi connectivity index (χ0) is 11.3. The van der Waals surface area contributed by atoms with Gasteiger partial charge in [0.15, 0.2) is 0 Å². The van der Waals surface area contributed by atoms with E-state index in [0.717, 1.165) is 0 Å². The van der Waals surface area contributed by atoms with Crippen molar-refractivity contribution in [3.8, 4) is 5.75 Å². The van der Waals surface area contributed by atoms with Crippen LogP contribution in [-0.4, -0.2) is 30.6 Å². The molecule has 0 radical (unpaired) electrons. The molecule has 0 saturated heterocycles. The molecule has 1 unspecified atom stereocenters. The fourth-order valence-corrected chi connectivity index (χ4v) is 1.18. The summed E-state index contributed by atoms with van der Waals surface area (Å²) in [6.07, 6.45) is 3.02. The minimum absolute atomic E-state index is 0.0305. The van der Waals surface area contributed by atoms with E-state index >= 15 is 0 Å². The molecule has 0 amide bonds. The van der Waals surface area contributed by atoms with Gasteiger partial charge in [-0.1, -0.05) is 0 Å². The van der Waals surface area contributed by atoms with Gasteiger partial charge in [0.1, 0.15) is 17.7 Å². The smallest absolute Gasteiger partial charge is 0.149 e. The van der Waals surface area contributed by atoms with E-state index in [2.05, 4.69) is 4.98 Å². The van der Waals surface area contributed by atoms with Gasteiger partial charge in [0, 0.05) is 13.3 Å². The van der Waals surface area contributed by atoms with Crippen molar-refractivity contribution in [1.29, 1.82) is 5.41 Å². The normalized spacial score (nSPS) is 12.1. The standard InChI is InChI=1S/C10H15N3O2/c1-7(6-14-2)15-9-5-13-4-3-8(9)10(11)12/h3-5,7H,6H2,1-2H3,(H3,11,12). The van der Waals surface area contributed by atoms with Crippen LogP contribution in [0.25, 0.3) is 0 Å². The summed E-state index contributed by atoms with van der Waals surface area (Å²) in [5, 5.41) is 7.36. The zero-order valence-corrected chi connectivity index (χ0v) is 8.86. The predicted octanol–water partition coefficient (Wildman–Crippen LogP) is 0.779. The average Bonchev–Trinajstić information content (AvgIpc) is 2.18. The minimum Gasteiger partial charge on any atom is -0.486 e. The Morgan fingerprint density at radius 3 is 3.00 bits per heavy atom. The lowest BCUT2D eigenvalue weighted by molar-refractivity contribution is 0.0917. The number of nitrogen functional groups attached to an aromatic ring is 1. The van der Waals surface area contributed by atoms with E-state index in [1.54, 1.807) is 25.6 Å². The Hall–Kier alpha value is -1.62. The maximum atomic E-state index is 7.36. The number of nitrogens with one attached hydrogen (secondary N) is 1. The summed E-state index contributed by atoms with van der Waals surface area (Å²) in [7, 11) is 1.61. The number of aromatic nitrogens is 1. The summed E-state index contributed by atoms with van der Waals surface area (Å²) >= 11 is 0. The van der Waals surface area contributed by atoms with Crippen LogP contribution < -0.4 is 10.5 Å². The molecule has 0 aliphatic rings. The summed E-state index contributed by atoms with van der Waals surface area (Å²) in [5.74, 6) is 0.478. The highest BCUT2D eigenvalue weighted by atomic mass is 16.5. The topological polar surface area (TPSA) is 81.2 Å². The minimum atomic E-state index is -0.0997. The van der Waals surface area contributed by atoms with E-state index in [-0.39, 0.29) is 11.9 Å². The van der Waals surface area contributed by atoms with Crippen LogP contribution in [0.1, 0.15) is 12.5 Å². The van der Waals surface area contributed by atoms with Gasteiger partial charge in [-0.25, -0.2) is 0 Å². The third-order valence-corrected chi connectivity index (χ3v) is 1.80. The maximum Gasteiger partial charge on any atom is 0.149 e. The molecule has 1 heterocycles. The van der Waals surface area contributed by atoms with Crippen molar-refractivity contribution in [3.05, 3.63) is 24.0 Å². The second-order valence-corrected chi connectivity index (χ2v) is 3.17. The molecular weight excluding hydrogens is 194 g/mol. The van der Waals surface area contributed by atoms with Gasteiger partial charge < -0.3 is 15.2 Å². The molecule has 5 nitrogen and oxygen atoms in total. The van der Waals surface area contributed by atoms with E-state index in [9.17, 15) is 0 Å². The Morgan fingerprint density at radius 1 is 1.67 bits per heavy atom. The number of methoxy groups -OCH3 is 1. The van der Waals surface area contributed by atoms with Gasteiger partial charge in [-0.05, 0) is 13.0 Å². The number of pyridine rings is 1. The molecule has 82 valence electrons. The van der Waals surface area contributed by atoms with E-state index in [0.29, 0.717) is 17.9 Å². The Balaban J connectivity index is 2.79. The van der Waals surface area contributed by atoms with Gasteiger partial charge >= 0.3 is 0 Å². The fourth-order valence-electron chi connectivity index (χ4n) is 1.18. The predicted molar refractivity (Wildman–Crippen MR) is 57.2 cm³/mol. The van der Waals surface area contributed by atoms with Gasteiger partial charge in [0.25, 0.3) is 0 Å². The van der Waals surface area contributed by atoms with Crippen LogP contribution in [-0.2, 0) is 4.74 Å². The van der Waals surface area contributed by atoms with Crippen LogP contribution in [0.5, 0.6) is 5.75 Å². The monoisotopic (exact) mass is 209 g/mol. The SMILES string of the molecule is COCC(C)Oc1cnccc1C(=N)N. The first-order valence-corrected chi connectivity index (χ1v) is 4.59. The third kappa shape index (κ3) is 3.21. The molecule has 1 rings (SSSR count). The first-order valence-electron chi connectivity index (χ1n) is 4.59. The van der Waals surface area contributed by atoms with Crippen LogP contribution in [0, 0.1) is 5.41 Å². The number of nitrogens with two attached hydrogens (primary N) is 1. The van der Waals surface area contributed by atoms with Crippen LogP contribution in [0.2, 0.25) is 0 Å². The molecule has 1 aromatic heterocycles. The molecule has 0 spiro atoms. The lowest BCUT2D eigenvalue weighted by atomic mass is 10.2. The van der Waals surface area contributed by atoms with Crippen molar-refractivity contribution >= 4 is 5.84 Å². The molecule has 15 heavy (non-hydrogen) atoms. The maximum absolute atomic E-state index is 7.36. The average molecular weight is 209 g/mol. The lowest BCUT2D eigenvalue weighted by Gasteiger charge is -2.15. The van der Waals surface area contributed by atoms with Crippen molar-refractivity contribution < 1.29 is 9.47 Å². The van der Waals surface area contributed by atoms with Crippen LogP contribution in [0.15, 0.2) is 18.5 Å². The van der Waals surface area contributed by atoms with Crippen molar-refractivity contribution in [2.45, 2.75) is 13.0 Å². The Morgan fingerprint density at radius 2 is 2.40 bits per heavy atom. The summed E-state index contributed by atoms with van der Waals surface area (Å²) < 4.78 is 10.5. The fraction of sp³-hybridized carbons (Fsp3) is 0.400. The first-order chi connectivity index (χ1) is 7.15. The number of nitrogens with zero attached hydrogens (tertiary/aromatic N) is 1. The second-order valence-electron chi connectivity index (χ2n) is 3.17. The molecule has 3 N–H and O–H groups in total. The largest absolute Gasteiger partial charge is 0.486 e. The second kappa shape index (κ2) is 5.31. The summed E-state index contributed by atoms with van der Waals surface area (Å²) in [6, 6.07) is 1.65. The van der Waals surface area contributed by atoms with Crippen molar-refractivity contribution in [2.75, 3.05) is 13.7 Å². The Kier molecular flexibility index (Phi) is 4.05. The summed E-state index contributed by atoms with van der Waals surface area (Å²) in [5.41, 5.74) is 5.96. The highest BCUT2D eigenvalue weighted by Gasteiger charge is 2.09. The summed E-state index contributed by atoms with van der Waals surface area (Å²) in [4.78, 5) is 3.92. The van der Waals surface area contributed by atoms with Crippen LogP contribution >= 0.6 is 0 Å². The van der Waals surface area contributed by atoms with E-state index in [4.69, 9.17) is 20.6 Å². The number of hydrogen-bond donors (Lipinski definition) is 2. The van der Waals surface area contributed by atoms with Gasteiger partial charge in [-0.15, -0.1) is 0 Å². The lowest BCUT2D eigenvalue weighted by Crippen LogP contribution is -2.21. The Labute approximate surface area is 88.7 Å². The molecule has 0 saturated carbocycles. The number of amidine groups is 1. The first kappa shape index (κ1) is 11.5. The molecule has 0 aliphatic carbocycles. The van der Waals surface area contributed by atoms with E-state index in [1.165, 1.54) is 0 Å². The highest BCUT2D eigenvalue weighted by molar-refractivity contribution is 5.97. The van der Waals surface area contributed by atoms with Crippen LogP contribution in [0.3, 0.4) is 0 Å². The van der Waals surface area contributed by atoms with Crippen molar-refractivity contribution in [3.63, 3.8) is 0 Å². The summed E-state index contributed by atoms with van der Waals surface area (Å²) in [6.45, 7) is 2.35. The van der Waals surface area contributed by atoms with Gasteiger partial charge in [-0.2, -0.15) is 0 Å². The number of ether oxygens (including phenoxy) is 2. The molecule has 5 heteroatoms. The quantitative estimate of drug-likeness (QED) is 0.554. The van der Waals surface area contributed by atoms with Gasteiger partial charge in [-0.3, -0.25) is 10.4 Å². The van der Waals surface area contributed by atoms with Gasteiger partial charge in [0.2, 0.25) is 0 Å². The van der Waals surface area contributed by atoms with E-state index < -0.39 is 0 Å². The molecule has 1 aromatic rings. The molecule has 0 aromatic carbocycles. The zero-order valence-electron chi connectivity index (χ0n) is 8.86. The van der Waals surface area contributed by atoms with Crippen LogP contribution in [0.4, 0.5) is 0 Å². The van der Waals surface area contributed by atoms with E-state index in [1.807, 2.05) is 6.92 Å². The molecule has 1 atom stereocenters. The Bertz CT molecular complexity index is 341. The molecular formula is C10H15N3O2. The molecule has 0 fully saturated rings. The number of hydrogen-bond acceptors (Lipinski definition) is 4. The third-order valence-electron chi connectivity index (χ3n) is 1.80. The number of rotatable bonds is 5. The highest BCUT2D eigenvalue weighted by Crippen LogP contribution is 2.17.